The highest BCUT2D eigenvalue weighted by atomic mass is 14.0. The largest absolute Gasteiger partial charge is 0.0623 e. The third-order valence-corrected chi connectivity index (χ3v) is 5.44. The molecule has 0 fully saturated rings. The Labute approximate surface area is 205 Å². The Morgan fingerprint density at radius 2 is 0.353 bits per heavy atom. The minimum Gasteiger partial charge on any atom is -0.0623 e. The lowest BCUT2D eigenvalue weighted by molar-refractivity contribution is 0.960. The van der Waals surface area contributed by atoms with E-state index in [0.717, 1.165) is 25.7 Å². The molecule has 0 nitrogen and oxygen atoms in total. The maximum atomic E-state index is 2.18. The molecule has 0 aliphatic carbocycles. The second-order valence-corrected chi connectivity index (χ2v) is 8.10. The average molecular weight is 443 g/mol. The SMILES string of the molecule is c1ccc(CCc2ccccc2)cc1.c1ccc(CCc2ccccc2)cc1.c1ccccc1. The predicted molar refractivity (Wildman–Crippen MR) is 147 cm³/mol. The van der Waals surface area contributed by atoms with Crippen molar-refractivity contribution in [3.63, 3.8) is 0 Å². The van der Waals surface area contributed by atoms with Gasteiger partial charge in [0.15, 0.2) is 0 Å². The molecule has 0 saturated carbocycles. The normalized spacial score (nSPS) is 9.65. The van der Waals surface area contributed by atoms with Gasteiger partial charge >= 0.3 is 0 Å². The van der Waals surface area contributed by atoms with Crippen LogP contribution in [-0.4, -0.2) is 0 Å². The molecule has 5 rings (SSSR count). The number of benzene rings is 5. The first-order valence-electron chi connectivity index (χ1n) is 12.1. The molecule has 0 aromatic heterocycles. The van der Waals surface area contributed by atoms with Crippen LogP contribution < -0.4 is 0 Å². The molecule has 5 aromatic rings. The number of rotatable bonds is 6. The smallest absolute Gasteiger partial charge is 0.0238 e. The van der Waals surface area contributed by atoms with E-state index in [4.69, 9.17) is 0 Å². The molecule has 34 heavy (non-hydrogen) atoms. The van der Waals surface area contributed by atoms with Crippen LogP contribution in [0.1, 0.15) is 22.3 Å². The number of hydrogen-bond donors (Lipinski definition) is 0. The van der Waals surface area contributed by atoms with Crippen molar-refractivity contribution in [2.75, 3.05) is 0 Å². The first kappa shape index (κ1) is 24.7. The Hall–Kier alpha value is -3.90. The summed E-state index contributed by atoms with van der Waals surface area (Å²) in [6.07, 6.45) is 4.52. The van der Waals surface area contributed by atoms with Gasteiger partial charge in [0.05, 0.1) is 0 Å². The van der Waals surface area contributed by atoms with Crippen LogP contribution >= 0.6 is 0 Å². The lowest BCUT2D eigenvalue weighted by Gasteiger charge is -2.01. The molecule has 0 spiro atoms. The summed E-state index contributed by atoms with van der Waals surface area (Å²) < 4.78 is 0. The van der Waals surface area contributed by atoms with Crippen LogP contribution in [0.5, 0.6) is 0 Å². The number of hydrogen-bond acceptors (Lipinski definition) is 0. The van der Waals surface area contributed by atoms with Gasteiger partial charge in [-0.1, -0.05) is 158 Å². The van der Waals surface area contributed by atoms with E-state index in [1.54, 1.807) is 0 Å². The van der Waals surface area contributed by atoms with Gasteiger partial charge in [-0.2, -0.15) is 0 Å². The van der Waals surface area contributed by atoms with Crippen molar-refractivity contribution < 1.29 is 0 Å². The van der Waals surface area contributed by atoms with Crippen LogP contribution in [0.4, 0.5) is 0 Å². The Kier molecular flexibility index (Phi) is 11.5. The minimum absolute atomic E-state index is 1.13. The standard InChI is InChI=1S/2C14H14.C6H6/c2*1-3-7-13(8-4-1)11-12-14-9-5-2-6-10-14;1-2-4-6-5-3-1/h2*1-10H,11-12H2;1-6H. The second-order valence-electron chi connectivity index (χ2n) is 8.10. The molecule has 0 amide bonds. The van der Waals surface area contributed by atoms with Gasteiger partial charge in [0.25, 0.3) is 0 Å². The summed E-state index contributed by atoms with van der Waals surface area (Å²) in [6.45, 7) is 0. The van der Waals surface area contributed by atoms with Crippen molar-refractivity contribution in [3.8, 4) is 0 Å². The van der Waals surface area contributed by atoms with Crippen LogP contribution in [0.15, 0.2) is 158 Å². The summed E-state index contributed by atoms with van der Waals surface area (Å²) in [6, 6.07) is 54.5. The first-order valence-corrected chi connectivity index (χ1v) is 12.1. The van der Waals surface area contributed by atoms with Crippen molar-refractivity contribution in [2.45, 2.75) is 25.7 Å². The highest BCUT2D eigenvalue weighted by molar-refractivity contribution is 5.21. The number of aryl methyl sites for hydroxylation is 4. The quantitative estimate of drug-likeness (QED) is 0.247. The third-order valence-electron chi connectivity index (χ3n) is 5.44. The molecule has 0 N–H and O–H groups in total. The summed E-state index contributed by atoms with van der Waals surface area (Å²) in [5.41, 5.74) is 5.65. The molecular formula is C34H34. The van der Waals surface area contributed by atoms with E-state index >= 15 is 0 Å². The van der Waals surface area contributed by atoms with Crippen molar-refractivity contribution in [1.82, 2.24) is 0 Å². The summed E-state index contributed by atoms with van der Waals surface area (Å²) in [7, 11) is 0. The lowest BCUT2D eigenvalue weighted by Crippen LogP contribution is -1.89. The van der Waals surface area contributed by atoms with Gasteiger partial charge in [0.2, 0.25) is 0 Å². The summed E-state index contributed by atoms with van der Waals surface area (Å²) >= 11 is 0. The van der Waals surface area contributed by atoms with Crippen LogP contribution in [0.2, 0.25) is 0 Å². The predicted octanol–water partition coefficient (Wildman–Crippen LogP) is 8.63. The van der Waals surface area contributed by atoms with Gasteiger partial charge in [-0.3, -0.25) is 0 Å². The molecule has 0 heterocycles. The van der Waals surface area contributed by atoms with Crippen molar-refractivity contribution >= 4 is 0 Å². The zero-order chi connectivity index (χ0) is 23.5. The Balaban J connectivity index is 0.000000154. The van der Waals surface area contributed by atoms with Crippen molar-refractivity contribution in [1.29, 1.82) is 0 Å². The molecule has 0 unspecified atom stereocenters. The zero-order valence-electron chi connectivity index (χ0n) is 19.8. The zero-order valence-corrected chi connectivity index (χ0v) is 19.8. The fraction of sp³-hybridized carbons (Fsp3) is 0.118. The summed E-state index contributed by atoms with van der Waals surface area (Å²) in [4.78, 5) is 0. The molecule has 5 aromatic carbocycles. The maximum Gasteiger partial charge on any atom is -0.0238 e. The highest BCUT2D eigenvalue weighted by Crippen LogP contribution is 2.07. The lowest BCUT2D eigenvalue weighted by atomic mass is 10.0. The Bertz CT molecular complexity index is 918. The van der Waals surface area contributed by atoms with E-state index in [0.29, 0.717) is 0 Å². The first-order chi connectivity index (χ1) is 16.9. The van der Waals surface area contributed by atoms with E-state index < -0.39 is 0 Å². The van der Waals surface area contributed by atoms with Gasteiger partial charge in [-0.15, -0.1) is 0 Å². The summed E-state index contributed by atoms with van der Waals surface area (Å²) in [5, 5.41) is 0. The van der Waals surface area contributed by atoms with Gasteiger partial charge in [0, 0.05) is 0 Å². The molecule has 0 atom stereocenters. The molecular weight excluding hydrogens is 408 g/mol. The maximum absolute atomic E-state index is 2.18. The molecule has 0 aliphatic rings. The van der Waals surface area contributed by atoms with E-state index in [1.165, 1.54) is 22.3 Å². The topological polar surface area (TPSA) is 0 Å². The average Bonchev–Trinajstić information content (AvgIpc) is 2.95. The molecule has 0 saturated heterocycles. The van der Waals surface area contributed by atoms with Crippen molar-refractivity contribution in [2.24, 2.45) is 0 Å². The molecule has 0 bridgehead atoms. The van der Waals surface area contributed by atoms with E-state index in [1.807, 2.05) is 36.4 Å². The molecule has 0 aliphatic heterocycles. The van der Waals surface area contributed by atoms with Gasteiger partial charge < -0.3 is 0 Å². The van der Waals surface area contributed by atoms with Gasteiger partial charge in [-0.05, 0) is 47.9 Å². The molecule has 0 radical (unpaired) electrons. The van der Waals surface area contributed by atoms with Crippen molar-refractivity contribution in [3.05, 3.63) is 180 Å². The fourth-order valence-electron chi connectivity index (χ4n) is 3.54. The minimum atomic E-state index is 1.13. The van der Waals surface area contributed by atoms with E-state index in [2.05, 4.69) is 121 Å². The Morgan fingerprint density at radius 3 is 0.529 bits per heavy atom. The summed E-state index contributed by atoms with van der Waals surface area (Å²) in [5.74, 6) is 0. The molecule has 170 valence electrons. The monoisotopic (exact) mass is 442 g/mol. The van der Waals surface area contributed by atoms with E-state index in [9.17, 15) is 0 Å². The van der Waals surface area contributed by atoms with Gasteiger partial charge in [0.1, 0.15) is 0 Å². The van der Waals surface area contributed by atoms with Crippen LogP contribution in [0.25, 0.3) is 0 Å². The van der Waals surface area contributed by atoms with Gasteiger partial charge in [-0.25, -0.2) is 0 Å². The fourth-order valence-corrected chi connectivity index (χ4v) is 3.54. The second kappa shape index (κ2) is 15.8. The molecule has 0 heteroatoms. The van der Waals surface area contributed by atoms with Crippen LogP contribution in [-0.2, 0) is 25.7 Å². The van der Waals surface area contributed by atoms with Crippen LogP contribution in [0.3, 0.4) is 0 Å². The Morgan fingerprint density at radius 1 is 0.206 bits per heavy atom. The van der Waals surface area contributed by atoms with E-state index in [-0.39, 0.29) is 0 Å². The van der Waals surface area contributed by atoms with Crippen LogP contribution in [0, 0.1) is 0 Å². The third kappa shape index (κ3) is 10.6. The highest BCUT2D eigenvalue weighted by Gasteiger charge is 1.94.